The van der Waals surface area contributed by atoms with Gasteiger partial charge in [0.05, 0.1) is 0 Å². The fourth-order valence-corrected chi connectivity index (χ4v) is 1.18. The van der Waals surface area contributed by atoms with Gasteiger partial charge in [-0.3, -0.25) is 0 Å². The fourth-order valence-electron chi connectivity index (χ4n) is 1.18. The molecule has 1 rings (SSSR count). The maximum Gasteiger partial charge on any atom is -0.0305 e. The summed E-state index contributed by atoms with van der Waals surface area (Å²) in [6.45, 7) is 19.0. The van der Waals surface area contributed by atoms with E-state index < -0.39 is 0 Å². The predicted molar refractivity (Wildman–Crippen MR) is 88.6 cm³/mol. The average molecular weight is 252 g/mol. The van der Waals surface area contributed by atoms with E-state index in [4.69, 9.17) is 0 Å². The van der Waals surface area contributed by atoms with E-state index in [0.29, 0.717) is 0 Å². The lowest BCUT2D eigenvalue weighted by Crippen LogP contribution is -1.86. The highest BCUT2D eigenvalue weighted by molar-refractivity contribution is 5.30. The number of rotatable bonds is 1. The van der Waals surface area contributed by atoms with E-state index in [1.54, 1.807) is 0 Å². The number of benzene rings is 1. The molecule has 0 saturated heterocycles. The Morgan fingerprint density at radius 2 is 1.17 bits per heavy atom. The van der Waals surface area contributed by atoms with Crippen LogP contribution in [0.4, 0.5) is 0 Å². The van der Waals surface area contributed by atoms with Crippen LogP contribution in [0, 0.1) is 13.8 Å². The SMILES string of the molecule is CC.CCC.CCC.CCc1cc(C)ccc1C. The standard InChI is InChI=1S/C10H14.2C3H8.C2H6/c1-4-10-7-8(2)5-6-9(10)3;2*1-3-2;1-2/h5-7H,4H2,1-3H3;2*3H2,1-2H3;1-2H3. The quantitative estimate of drug-likeness (QED) is 0.520. The van der Waals surface area contributed by atoms with Crippen LogP contribution in [-0.2, 0) is 6.42 Å². The predicted octanol–water partition coefficient (Wildman–Crippen LogP) is 6.72. The van der Waals surface area contributed by atoms with Gasteiger partial charge in [-0.05, 0) is 31.4 Å². The molecule has 0 nitrogen and oxygen atoms in total. The lowest BCUT2D eigenvalue weighted by atomic mass is 10.0. The van der Waals surface area contributed by atoms with Crippen molar-refractivity contribution in [1.82, 2.24) is 0 Å². The van der Waals surface area contributed by atoms with Crippen molar-refractivity contribution in [3.05, 3.63) is 34.9 Å². The molecule has 0 aromatic heterocycles. The molecule has 0 bridgehead atoms. The molecule has 0 fully saturated rings. The second-order valence-electron chi connectivity index (χ2n) is 4.20. The van der Waals surface area contributed by atoms with Crippen LogP contribution >= 0.6 is 0 Å². The summed E-state index contributed by atoms with van der Waals surface area (Å²) < 4.78 is 0. The van der Waals surface area contributed by atoms with E-state index >= 15 is 0 Å². The van der Waals surface area contributed by atoms with Crippen molar-refractivity contribution in [3.8, 4) is 0 Å². The molecule has 18 heavy (non-hydrogen) atoms. The van der Waals surface area contributed by atoms with Gasteiger partial charge in [-0.1, -0.05) is 85.1 Å². The Kier molecular flexibility index (Phi) is 23.1. The lowest BCUT2D eigenvalue weighted by molar-refractivity contribution is 1.09. The molecule has 0 aliphatic heterocycles. The maximum absolute atomic E-state index is 2.26. The third-order valence-corrected chi connectivity index (χ3v) is 1.89. The van der Waals surface area contributed by atoms with Gasteiger partial charge >= 0.3 is 0 Å². The van der Waals surface area contributed by atoms with Crippen LogP contribution in [0.2, 0.25) is 0 Å². The van der Waals surface area contributed by atoms with Crippen molar-refractivity contribution < 1.29 is 0 Å². The highest BCUT2D eigenvalue weighted by atomic mass is 14.0. The Balaban J connectivity index is -0.000000237. The van der Waals surface area contributed by atoms with Gasteiger partial charge in [0, 0.05) is 0 Å². The van der Waals surface area contributed by atoms with E-state index in [1.165, 1.54) is 29.5 Å². The molecule has 0 aliphatic rings. The summed E-state index contributed by atoms with van der Waals surface area (Å²) in [5.74, 6) is 0. The topological polar surface area (TPSA) is 0 Å². The molecule has 1 aromatic rings. The summed E-state index contributed by atoms with van der Waals surface area (Å²) in [5.41, 5.74) is 4.25. The molecule has 1 aromatic carbocycles. The Bertz CT molecular complexity index is 246. The van der Waals surface area contributed by atoms with Crippen molar-refractivity contribution >= 4 is 0 Å². The van der Waals surface area contributed by atoms with Crippen molar-refractivity contribution in [2.75, 3.05) is 0 Å². The van der Waals surface area contributed by atoms with E-state index in [9.17, 15) is 0 Å². The van der Waals surface area contributed by atoms with Gasteiger partial charge in [-0.15, -0.1) is 0 Å². The van der Waals surface area contributed by atoms with Crippen molar-refractivity contribution in [2.24, 2.45) is 0 Å². The summed E-state index contributed by atoms with van der Waals surface area (Å²) in [7, 11) is 0. The van der Waals surface area contributed by atoms with E-state index in [1.807, 2.05) is 13.8 Å². The van der Waals surface area contributed by atoms with Crippen LogP contribution in [0.25, 0.3) is 0 Å². The Hall–Kier alpha value is -0.780. The first-order chi connectivity index (χ1) is 8.56. The zero-order valence-corrected chi connectivity index (χ0v) is 14.4. The molecule has 0 unspecified atom stereocenters. The van der Waals surface area contributed by atoms with E-state index in [2.05, 4.69) is 66.7 Å². The highest BCUT2D eigenvalue weighted by Crippen LogP contribution is 2.10. The summed E-state index contributed by atoms with van der Waals surface area (Å²) in [6, 6.07) is 6.61. The van der Waals surface area contributed by atoms with Gasteiger partial charge in [0.1, 0.15) is 0 Å². The van der Waals surface area contributed by atoms with Crippen LogP contribution in [0.5, 0.6) is 0 Å². The largest absolute Gasteiger partial charge is 0.0683 e. The minimum Gasteiger partial charge on any atom is -0.0683 e. The third-order valence-electron chi connectivity index (χ3n) is 1.89. The van der Waals surface area contributed by atoms with Crippen molar-refractivity contribution in [1.29, 1.82) is 0 Å². The van der Waals surface area contributed by atoms with Crippen LogP contribution in [-0.4, -0.2) is 0 Å². The zero-order valence-electron chi connectivity index (χ0n) is 14.4. The molecule has 0 atom stereocenters. The molecule has 0 spiro atoms. The van der Waals surface area contributed by atoms with Gasteiger partial charge in [-0.25, -0.2) is 0 Å². The molecule has 0 aliphatic carbocycles. The summed E-state index contributed by atoms with van der Waals surface area (Å²) in [5, 5.41) is 0. The minimum atomic E-state index is 1.15. The van der Waals surface area contributed by atoms with Crippen LogP contribution in [0.15, 0.2) is 18.2 Å². The summed E-state index contributed by atoms with van der Waals surface area (Å²) in [4.78, 5) is 0. The molecule has 0 heterocycles. The fraction of sp³-hybridized carbons (Fsp3) is 0.667. The highest BCUT2D eigenvalue weighted by Gasteiger charge is 1.93. The summed E-state index contributed by atoms with van der Waals surface area (Å²) in [6.07, 6.45) is 3.65. The molecule has 0 saturated carbocycles. The molecule has 0 radical (unpaired) electrons. The van der Waals surface area contributed by atoms with Gasteiger partial charge in [0.15, 0.2) is 0 Å². The zero-order chi connectivity index (χ0) is 15.0. The number of aryl methyl sites for hydroxylation is 3. The van der Waals surface area contributed by atoms with E-state index in [0.717, 1.165) is 6.42 Å². The van der Waals surface area contributed by atoms with E-state index in [-0.39, 0.29) is 0 Å². The third kappa shape index (κ3) is 15.2. The van der Waals surface area contributed by atoms with Crippen LogP contribution < -0.4 is 0 Å². The Morgan fingerprint density at radius 1 is 0.778 bits per heavy atom. The normalized spacial score (nSPS) is 7.83. The first kappa shape index (κ1) is 22.4. The average Bonchev–Trinajstić information content (AvgIpc) is 2.37. The van der Waals surface area contributed by atoms with Gasteiger partial charge in [-0.2, -0.15) is 0 Å². The lowest BCUT2D eigenvalue weighted by Gasteiger charge is -2.02. The van der Waals surface area contributed by atoms with Crippen LogP contribution in [0.3, 0.4) is 0 Å². The second kappa shape index (κ2) is 18.6. The van der Waals surface area contributed by atoms with Gasteiger partial charge < -0.3 is 0 Å². The molecule has 108 valence electrons. The van der Waals surface area contributed by atoms with Crippen molar-refractivity contribution in [2.45, 2.75) is 81.6 Å². The molecular weight excluding hydrogens is 216 g/mol. The minimum absolute atomic E-state index is 1.15. The summed E-state index contributed by atoms with van der Waals surface area (Å²) >= 11 is 0. The maximum atomic E-state index is 2.26. The first-order valence-electron chi connectivity index (χ1n) is 7.63. The second-order valence-corrected chi connectivity index (χ2v) is 4.20. The molecule has 0 N–H and O–H groups in total. The Labute approximate surface area is 117 Å². The molecule has 0 heteroatoms. The smallest absolute Gasteiger partial charge is 0.0305 e. The number of hydrogen-bond acceptors (Lipinski definition) is 0. The number of hydrogen-bond donors (Lipinski definition) is 0. The Morgan fingerprint density at radius 3 is 1.44 bits per heavy atom. The first-order valence-corrected chi connectivity index (χ1v) is 7.63. The van der Waals surface area contributed by atoms with Crippen LogP contribution in [0.1, 0.15) is 78.0 Å². The monoisotopic (exact) mass is 252 g/mol. The molecular formula is C18H36. The molecule has 0 amide bonds. The van der Waals surface area contributed by atoms with Gasteiger partial charge in [0.25, 0.3) is 0 Å². The van der Waals surface area contributed by atoms with Crippen molar-refractivity contribution in [3.63, 3.8) is 0 Å². The van der Waals surface area contributed by atoms with Gasteiger partial charge in [0.2, 0.25) is 0 Å².